The Labute approximate surface area is 81.5 Å². The molecule has 0 aliphatic heterocycles. The van der Waals surface area contributed by atoms with E-state index in [9.17, 15) is 35.1 Å². The van der Waals surface area contributed by atoms with E-state index in [0.29, 0.717) is 0 Å². The van der Waals surface area contributed by atoms with Crippen molar-refractivity contribution in [2.45, 2.75) is 18.0 Å². The third kappa shape index (κ3) is 6.44. The van der Waals surface area contributed by atoms with Crippen LogP contribution in [0.2, 0.25) is 0 Å². The van der Waals surface area contributed by atoms with Gasteiger partial charge in [0.1, 0.15) is 0 Å². The number of ether oxygens (including phenoxy) is 1. The zero-order valence-electron chi connectivity index (χ0n) is 6.26. The first kappa shape index (κ1) is 14.4. The van der Waals surface area contributed by atoms with Crippen LogP contribution in [0.3, 0.4) is 0 Å². The van der Waals surface area contributed by atoms with Crippen LogP contribution in [0.1, 0.15) is 0 Å². The maximum atomic E-state index is 12.1. The molecule has 0 aliphatic carbocycles. The third-order valence-electron chi connectivity index (χ3n) is 0.709. The molecular formula is C4ClF8NO. The Morgan fingerprint density at radius 3 is 1.67 bits per heavy atom. The highest BCUT2D eigenvalue weighted by atomic mass is 35.5. The second kappa shape index (κ2) is 4.08. The molecule has 0 radical (unpaired) electrons. The van der Waals surface area contributed by atoms with Crippen molar-refractivity contribution in [2.75, 3.05) is 0 Å². The highest BCUT2D eigenvalue weighted by molar-refractivity contribution is 6.20. The molecule has 0 N–H and O–H groups in total. The molecule has 15 heavy (non-hydrogen) atoms. The number of alkyl halides is 8. The highest BCUT2D eigenvalue weighted by Gasteiger charge is 2.50. The summed E-state index contributed by atoms with van der Waals surface area (Å²) in [7, 11) is 0. The van der Waals surface area contributed by atoms with E-state index in [1.54, 1.807) is 0 Å². The molecule has 0 spiro atoms. The van der Waals surface area contributed by atoms with Crippen molar-refractivity contribution in [3.8, 4) is 0 Å². The van der Waals surface area contributed by atoms with Crippen LogP contribution in [0.15, 0.2) is 4.99 Å². The summed E-state index contributed by atoms with van der Waals surface area (Å²) in [6.45, 7) is 0. The largest absolute Gasteiger partial charge is 0.505 e. The Balaban J connectivity index is 4.82. The summed E-state index contributed by atoms with van der Waals surface area (Å²) >= 11 is 3.79. The van der Waals surface area contributed by atoms with Crippen LogP contribution in [0.25, 0.3) is 0 Å². The molecule has 0 aromatic heterocycles. The topological polar surface area (TPSA) is 21.6 Å². The zero-order chi connectivity index (χ0) is 12.5. The lowest BCUT2D eigenvalue weighted by Crippen LogP contribution is -2.36. The molecular weight excluding hydrogens is 265 g/mol. The van der Waals surface area contributed by atoms with Gasteiger partial charge in [0, 0.05) is 0 Å². The molecule has 0 fully saturated rings. The molecule has 0 aromatic rings. The molecule has 0 aromatic carbocycles. The molecule has 0 amide bonds. The normalized spacial score (nSPS) is 15.7. The van der Waals surface area contributed by atoms with Crippen LogP contribution in [-0.4, -0.2) is 23.9 Å². The molecule has 0 aliphatic rings. The summed E-state index contributed by atoms with van der Waals surface area (Å²) in [6.07, 6.45) is -11.3. The summed E-state index contributed by atoms with van der Waals surface area (Å²) in [6, 6.07) is 0. The van der Waals surface area contributed by atoms with E-state index >= 15 is 0 Å². The van der Waals surface area contributed by atoms with Crippen LogP contribution >= 0.6 is 11.6 Å². The second-order valence-corrected chi connectivity index (χ2v) is 2.38. The quantitative estimate of drug-likeness (QED) is 0.332. The van der Waals surface area contributed by atoms with Gasteiger partial charge in [0.05, 0.1) is 0 Å². The zero-order valence-corrected chi connectivity index (χ0v) is 7.01. The fraction of sp³-hybridized carbons (Fsp3) is 0.750. The Bertz CT molecular complexity index is 254. The first-order valence-corrected chi connectivity index (χ1v) is 3.18. The van der Waals surface area contributed by atoms with E-state index in [2.05, 4.69) is 16.3 Å². The monoisotopic (exact) mass is 265 g/mol. The van der Waals surface area contributed by atoms with Gasteiger partial charge in [-0.2, -0.15) is 26.9 Å². The van der Waals surface area contributed by atoms with Gasteiger partial charge < -0.3 is 0 Å². The minimum absolute atomic E-state index is 0.848. The predicted molar refractivity (Wildman–Crippen MR) is 31.4 cm³/mol. The molecule has 0 bridgehead atoms. The lowest BCUT2D eigenvalue weighted by Gasteiger charge is -2.16. The van der Waals surface area contributed by atoms with Gasteiger partial charge in [-0.3, -0.25) is 0 Å². The molecule has 90 valence electrons. The van der Waals surface area contributed by atoms with E-state index in [1.165, 1.54) is 0 Å². The van der Waals surface area contributed by atoms with E-state index in [0.717, 1.165) is 4.99 Å². The van der Waals surface area contributed by atoms with Gasteiger partial charge >= 0.3 is 18.0 Å². The number of rotatable bonds is 3. The van der Waals surface area contributed by atoms with Gasteiger partial charge in [0.2, 0.25) is 0 Å². The SMILES string of the molecule is FC(=NC(F)(F)F)C(F)(F)OC(F)(F)Cl. The van der Waals surface area contributed by atoms with Crippen molar-refractivity contribution in [1.29, 1.82) is 0 Å². The van der Waals surface area contributed by atoms with Gasteiger partial charge in [0.15, 0.2) is 0 Å². The number of hydrogen-bond acceptors (Lipinski definition) is 2. The summed E-state index contributed by atoms with van der Waals surface area (Å²) in [5, 5.41) is 0. The van der Waals surface area contributed by atoms with E-state index in [1.807, 2.05) is 0 Å². The Morgan fingerprint density at radius 2 is 1.40 bits per heavy atom. The van der Waals surface area contributed by atoms with Crippen molar-refractivity contribution in [3.63, 3.8) is 0 Å². The van der Waals surface area contributed by atoms with Crippen LogP contribution in [0.5, 0.6) is 0 Å². The molecule has 0 atom stereocenters. The van der Waals surface area contributed by atoms with Gasteiger partial charge in [-0.05, 0) is 11.6 Å². The molecule has 11 heteroatoms. The van der Waals surface area contributed by atoms with Crippen molar-refractivity contribution in [2.24, 2.45) is 4.99 Å². The average molecular weight is 265 g/mol. The Hall–Kier alpha value is -0.640. The summed E-state index contributed by atoms with van der Waals surface area (Å²) in [4.78, 5) is 0.848. The van der Waals surface area contributed by atoms with Crippen LogP contribution in [0, 0.1) is 0 Å². The number of halogens is 9. The van der Waals surface area contributed by atoms with E-state index in [-0.39, 0.29) is 0 Å². The predicted octanol–water partition coefficient (Wildman–Crippen LogP) is 3.27. The van der Waals surface area contributed by atoms with Gasteiger partial charge in [-0.15, -0.1) is 13.2 Å². The fourth-order valence-corrected chi connectivity index (χ4v) is 0.461. The average Bonchev–Trinajstić information content (AvgIpc) is 1.75. The molecule has 0 rings (SSSR count). The fourth-order valence-electron chi connectivity index (χ4n) is 0.364. The summed E-state index contributed by atoms with van der Waals surface area (Å²) < 4.78 is 95.1. The first-order valence-electron chi connectivity index (χ1n) is 2.81. The smallest absolute Gasteiger partial charge is 0.234 e. The van der Waals surface area contributed by atoms with Crippen LogP contribution in [0.4, 0.5) is 35.1 Å². The molecule has 0 saturated heterocycles. The molecule has 0 unspecified atom stereocenters. The van der Waals surface area contributed by atoms with E-state index < -0.39 is 23.9 Å². The lowest BCUT2D eigenvalue weighted by molar-refractivity contribution is -0.309. The van der Waals surface area contributed by atoms with Crippen molar-refractivity contribution in [3.05, 3.63) is 0 Å². The van der Waals surface area contributed by atoms with Gasteiger partial charge in [0.25, 0.3) is 5.97 Å². The van der Waals surface area contributed by atoms with Gasteiger partial charge in [-0.1, -0.05) is 0 Å². The maximum absolute atomic E-state index is 12.1. The van der Waals surface area contributed by atoms with Crippen molar-refractivity contribution < 1.29 is 39.9 Å². The Morgan fingerprint density at radius 1 is 1.00 bits per heavy atom. The minimum Gasteiger partial charge on any atom is -0.234 e. The van der Waals surface area contributed by atoms with Gasteiger partial charge in [-0.25, -0.2) is 4.74 Å². The second-order valence-electron chi connectivity index (χ2n) is 1.94. The molecule has 0 heterocycles. The van der Waals surface area contributed by atoms with E-state index in [4.69, 9.17) is 0 Å². The van der Waals surface area contributed by atoms with Crippen LogP contribution < -0.4 is 0 Å². The molecule has 2 nitrogen and oxygen atoms in total. The Kier molecular flexibility index (Phi) is 3.91. The number of nitrogens with zero attached hydrogens (tertiary/aromatic N) is 1. The summed E-state index contributed by atoms with van der Waals surface area (Å²) in [5.74, 6) is -3.48. The van der Waals surface area contributed by atoms with Crippen molar-refractivity contribution >= 4 is 17.6 Å². The lowest BCUT2D eigenvalue weighted by atomic mass is 10.6. The van der Waals surface area contributed by atoms with Crippen molar-refractivity contribution in [1.82, 2.24) is 0 Å². The highest BCUT2D eigenvalue weighted by Crippen LogP contribution is 2.32. The third-order valence-corrected chi connectivity index (χ3v) is 0.786. The molecule has 0 saturated carbocycles. The van der Waals surface area contributed by atoms with Crippen LogP contribution in [-0.2, 0) is 4.74 Å². The maximum Gasteiger partial charge on any atom is 0.505 e. The minimum atomic E-state index is -5.68. The summed E-state index contributed by atoms with van der Waals surface area (Å²) in [5.41, 5.74) is -5.03. The standard InChI is InChI=1S/C4ClF8NO/c5-3(9,10)15-2(7,8)1(6)14-4(11,12)13. The number of hydrogen-bond donors (Lipinski definition) is 0. The number of aliphatic imine (C=N–C) groups is 1. The first-order chi connectivity index (χ1) is 6.33.